The van der Waals surface area contributed by atoms with Crippen LogP contribution >= 0.6 is 28.3 Å². The Balaban J connectivity index is 0.00000264. The molecule has 4 nitrogen and oxygen atoms in total. The molecule has 1 aromatic carbocycles. The minimum atomic E-state index is -4.45. The molecule has 0 unspecified atom stereocenters. The molecule has 1 aromatic heterocycles. The summed E-state index contributed by atoms with van der Waals surface area (Å²) in [5.41, 5.74) is 2.97. The van der Waals surface area contributed by atoms with Gasteiger partial charge in [0.2, 0.25) is 5.13 Å². The van der Waals surface area contributed by atoms with Gasteiger partial charge in [0.05, 0.1) is 12.8 Å². The second kappa shape index (κ2) is 7.78. The van der Waals surface area contributed by atoms with Crippen LogP contribution in [0.1, 0.15) is 11.8 Å². The lowest BCUT2D eigenvalue weighted by atomic mass is 10.1. The molecule has 1 N–H and O–H groups in total. The van der Waals surface area contributed by atoms with E-state index in [1.54, 1.807) is 19.2 Å². The predicted molar refractivity (Wildman–Crippen MR) is 91.9 cm³/mol. The van der Waals surface area contributed by atoms with E-state index in [-0.39, 0.29) is 17.0 Å². The number of thiazole rings is 1. The van der Waals surface area contributed by atoms with Crippen molar-refractivity contribution in [3.63, 3.8) is 0 Å². The Bertz CT molecular complexity index is 684. The molecule has 2 aromatic rings. The number of halogens is 4. The molecule has 2 rings (SSSR count). The number of ether oxygens (including phenoxy) is 1. The lowest BCUT2D eigenvalue weighted by Crippen LogP contribution is -2.20. The van der Waals surface area contributed by atoms with E-state index >= 15 is 0 Å². The van der Waals surface area contributed by atoms with Crippen LogP contribution in [0.25, 0.3) is 11.3 Å². The average Bonchev–Trinajstić information content (AvgIpc) is 2.85. The van der Waals surface area contributed by atoms with Gasteiger partial charge in [-0.2, -0.15) is 18.3 Å². The van der Waals surface area contributed by atoms with Gasteiger partial charge in [-0.1, -0.05) is 0 Å². The van der Waals surface area contributed by atoms with Gasteiger partial charge in [-0.05, 0) is 38.1 Å². The summed E-state index contributed by atoms with van der Waals surface area (Å²) in [6.45, 7) is 2.75. The lowest BCUT2D eigenvalue weighted by molar-refractivity contribution is -0.0592. The van der Waals surface area contributed by atoms with Crippen molar-refractivity contribution in [1.29, 1.82) is 0 Å². The summed E-state index contributed by atoms with van der Waals surface area (Å²) in [5, 5.41) is 3.62. The van der Waals surface area contributed by atoms with Crippen LogP contribution in [-0.4, -0.2) is 24.0 Å². The van der Waals surface area contributed by atoms with Crippen molar-refractivity contribution in [2.24, 2.45) is 5.10 Å². The van der Waals surface area contributed by atoms with Crippen LogP contribution in [0, 0.1) is 6.92 Å². The molecule has 0 aliphatic carbocycles. The van der Waals surface area contributed by atoms with E-state index in [2.05, 4.69) is 15.5 Å². The van der Waals surface area contributed by atoms with E-state index < -0.39 is 11.9 Å². The van der Waals surface area contributed by atoms with Gasteiger partial charge in [0.15, 0.2) is 0 Å². The number of methoxy groups -OCH3 is 1. The number of anilines is 1. The SMILES string of the molecule is Br.COc1ccc(-c2nc(NN=C(C)C(F)(F)F)sc2C)cc1. The van der Waals surface area contributed by atoms with Crippen LogP contribution in [0.4, 0.5) is 18.3 Å². The molecule has 0 aliphatic rings. The van der Waals surface area contributed by atoms with Crippen molar-refractivity contribution in [2.75, 3.05) is 12.5 Å². The summed E-state index contributed by atoms with van der Waals surface area (Å²) >= 11 is 1.24. The normalized spacial score (nSPS) is 11.8. The van der Waals surface area contributed by atoms with Gasteiger partial charge in [0.25, 0.3) is 0 Å². The summed E-state index contributed by atoms with van der Waals surface area (Å²) in [5.74, 6) is 0.723. The minimum absolute atomic E-state index is 0. The third kappa shape index (κ3) is 4.93. The van der Waals surface area contributed by atoms with Gasteiger partial charge >= 0.3 is 6.18 Å². The molecule has 0 spiro atoms. The Morgan fingerprint density at radius 2 is 1.87 bits per heavy atom. The van der Waals surface area contributed by atoms with E-state index in [0.717, 1.165) is 23.1 Å². The highest BCUT2D eigenvalue weighted by molar-refractivity contribution is 8.93. The quantitative estimate of drug-likeness (QED) is 0.567. The number of hydrogen-bond acceptors (Lipinski definition) is 5. The fourth-order valence-corrected chi connectivity index (χ4v) is 2.43. The highest BCUT2D eigenvalue weighted by atomic mass is 79.9. The zero-order valence-electron chi connectivity index (χ0n) is 12.6. The highest BCUT2D eigenvalue weighted by Crippen LogP contribution is 2.31. The monoisotopic (exact) mass is 409 g/mol. The first-order valence-corrected chi connectivity index (χ1v) is 7.12. The molecule has 23 heavy (non-hydrogen) atoms. The molecular formula is C14H15BrF3N3OS. The maximum Gasteiger partial charge on any atom is 0.430 e. The first-order chi connectivity index (χ1) is 10.3. The van der Waals surface area contributed by atoms with E-state index in [9.17, 15) is 13.2 Å². The molecule has 1 heterocycles. The van der Waals surface area contributed by atoms with Crippen molar-refractivity contribution >= 4 is 39.2 Å². The van der Waals surface area contributed by atoms with E-state index in [1.165, 1.54) is 11.3 Å². The number of aryl methyl sites for hydroxylation is 1. The molecule has 0 amide bonds. The maximum atomic E-state index is 12.4. The van der Waals surface area contributed by atoms with Gasteiger partial charge in [0, 0.05) is 10.4 Å². The average molecular weight is 410 g/mol. The number of benzene rings is 1. The van der Waals surface area contributed by atoms with Gasteiger partial charge in [-0.25, -0.2) is 4.98 Å². The first-order valence-electron chi connectivity index (χ1n) is 6.30. The topological polar surface area (TPSA) is 46.5 Å². The van der Waals surface area contributed by atoms with Gasteiger partial charge in [0.1, 0.15) is 11.5 Å². The molecule has 9 heteroatoms. The maximum absolute atomic E-state index is 12.4. The molecule has 0 fully saturated rings. The zero-order chi connectivity index (χ0) is 16.3. The van der Waals surface area contributed by atoms with Crippen LogP contribution in [-0.2, 0) is 0 Å². The summed E-state index contributed by atoms with van der Waals surface area (Å²) in [4.78, 5) is 5.16. The molecule has 0 aliphatic heterocycles. The molecular weight excluding hydrogens is 395 g/mol. The van der Waals surface area contributed by atoms with Crippen LogP contribution in [0.2, 0.25) is 0 Å². The van der Waals surface area contributed by atoms with E-state index in [1.807, 2.05) is 19.1 Å². The Kier molecular flexibility index (Phi) is 6.57. The number of rotatable bonds is 4. The zero-order valence-corrected chi connectivity index (χ0v) is 15.1. The van der Waals surface area contributed by atoms with Crippen LogP contribution in [0.15, 0.2) is 29.4 Å². The van der Waals surface area contributed by atoms with Crippen LogP contribution in [0.3, 0.4) is 0 Å². The highest BCUT2D eigenvalue weighted by Gasteiger charge is 2.32. The van der Waals surface area contributed by atoms with Crippen molar-refractivity contribution in [3.05, 3.63) is 29.1 Å². The van der Waals surface area contributed by atoms with Crippen molar-refractivity contribution in [1.82, 2.24) is 4.98 Å². The fraction of sp³-hybridized carbons (Fsp3) is 0.286. The molecule has 0 saturated carbocycles. The number of hydrazone groups is 1. The van der Waals surface area contributed by atoms with Gasteiger partial charge in [-0.3, -0.25) is 5.43 Å². The Hall–Kier alpha value is -1.61. The van der Waals surface area contributed by atoms with Crippen LogP contribution < -0.4 is 10.2 Å². The van der Waals surface area contributed by atoms with Crippen molar-refractivity contribution in [2.45, 2.75) is 20.0 Å². The number of aromatic nitrogens is 1. The standard InChI is InChI=1S/C14H14F3N3OS.BrH/c1-8-12(10-4-6-11(21-3)7-5-10)18-13(22-8)20-19-9(2)14(15,16)17;/h4-7H,1-3H3,(H,18,20);1H. The fourth-order valence-electron chi connectivity index (χ4n) is 1.66. The largest absolute Gasteiger partial charge is 0.497 e. The van der Waals surface area contributed by atoms with Crippen molar-refractivity contribution < 1.29 is 17.9 Å². The first kappa shape index (κ1) is 19.4. The third-order valence-corrected chi connectivity index (χ3v) is 3.77. The number of alkyl halides is 3. The number of hydrogen-bond donors (Lipinski definition) is 1. The molecule has 0 bridgehead atoms. The summed E-state index contributed by atoms with van der Waals surface area (Å²) in [6, 6.07) is 7.28. The summed E-state index contributed by atoms with van der Waals surface area (Å²) < 4.78 is 42.2. The van der Waals surface area contributed by atoms with Crippen molar-refractivity contribution in [3.8, 4) is 17.0 Å². The number of nitrogens with one attached hydrogen (secondary N) is 1. The Morgan fingerprint density at radius 3 is 2.39 bits per heavy atom. The second-order valence-corrected chi connectivity index (χ2v) is 5.66. The molecule has 126 valence electrons. The van der Waals surface area contributed by atoms with Crippen LogP contribution in [0.5, 0.6) is 5.75 Å². The molecule has 0 radical (unpaired) electrons. The Labute approximate surface area is 146 Å². The third-order valence-electron chi connectivity index (χ3n) is 2.89. The Morgan fingerprint density at radius 1 is 1.26 bits per heavy atom. The number of nitrogens with zero attached hydrogens (tertiary/aromatic N) is 2. The molecule has 0 saturated heterocycles. The second-order valence-electron chi connectivity index (χ2n) is 4.46. The van der Waals surface area contributed by atoms with E-state index in [0.29, 0.717) is 10.8 Å². The van der Waals surface area contributed by atoms with Gasteiger partial charge < -0.3 is 4.74 Å². The molecule has 0 atom stereocenters. The van der Waals surface area contributed by atoms with E-state index in [4.69, 9.17) is 4.74 Å². The predicted octanol–water partition coefficient (Wildman–Crippen LogP) is 5.06. The summed E-state index contributed by atoms with van der Waals surface area (Å²) in [7, 11) is 1.58. The van der Waals surface area contributed by atoms with Gasteiger partial charge in [-0.15, -0.1) is 28.3 Å². The smallest absolute Gasteiger partial charge is 0.430 e. The summed E-state index contributed by atoms with van der Waals surface area (Å²) in [6.07, 6.45) is -4.45. The minimum Gasteiger partial charge on any atom is -0.497 e. The lowest BCUT2D eigenvalue weighted by Gasteiger charge is -2.04.